The molecule has 1 aromatic heterocycles. The van der Waals surface area contributed by atoms with Crippen molar-refractivity contribution < 1.29 is 4.74 Å². The van der Waals surface area contributed by atoms with Gasteiger partial charge in [-0.15, -0.1) is 0 Å². The summed E-state index contributed by atoms with van der Waals surface area (Å²) in [5.74, 6) is 0. The van der Waals surface area contributed by atoms with Crippen LogP contribution in [0.25, 0.3) is 0 Å². The zero-order chi connectivity index (χ0) is 11.3. The summed E-state index contributed by atoms with van der Waals surface area (Å²) in [6.45, 7) is 4.41. The average Bonchev–Trinajstić information content (AvgIpc) is 2.25. The fraction of sp³-hybridized carbons (Fsp3) is 0.545. The van der Waals surface area contributed by atoms with Crippen molar-refractivity contribution in [1.82, 2.24) is 4.57 Å². The third-order valence-electron chi connectivity index (χ3n) is 2.41. The lowest BCUT2D eigenvalue weighted by Crippen LogP contribution is -2.25. The van der Waals surface area contributed by atoms with Gasteiger partial charge in [0.1, 0.15) is 6.73 Å². The largest absolute Gasteiger partial charge is 0.394 e. The Morgan fingerprint density at radius 3 is 2.73 bits per heavy atom. The normalized spacial score (nSPS) is 10.9. The van der Waals surface area contributed by atoms with Crippen molar-refractivity contribution in [1.29, 1.82) is 0 Å². The van der Waals surface area contributed by atoms with Gasteiger partial charge in [-0.2, -0.15) is 0 Å². The van der Waals surface area contributed by atoms with Gasteiger partial charge in [-0.3, -0.25) is 9.36 Å². The van der Waals surface area contributed by atoms with Crippen LogP contribution in [0.2, 0.25) is 0 Å². The number of nitrogens with two attached hydrogens (primary N) is 1. The smallest absolute Gasteiger partial charge is 0.275 e. The zero-order valence-electron chi connectivity index (χ0n) is 9.27. The minimum absolute atomic E-state index is 0.191. The maximum absolute atomic E-state index is 11.5. The third-order valence-corrected chi connectivity index (χ3v) is 2.41. The van der Waals surface area contributed by atoms with Gasteiger partial charge in [0.05, 0.1) is 11.8 Å². The van der Waals surface area contributed by atoms with E-state index in [0.29, 0.717) is 0 Å². The predicted octanol–water partition coefficient (Wildman–Crippen LogP) is 1.59. The van der Waals surface area contributed by atoms with Gasteiger partial charge < -0.3 is 10.5 Å². The molecule has 0 radical (unpaired) electrons. The van der Waals surface area contributed by atoms with E-state index in [0.717, 1.165) is 12.8 Å². The van der Waals surface area contributed by atoms with Crippen molar-refractivity contribution in [3.8, 4) is 0 Å². The highest BCUT2D eigenvalue weighted by atomic mass is 16.5. The molecule has 0 aliphatic heterocycles. The first-order chi connectivity index (χ1) is 7.19. The molecule has 15 heavy (non-hydrogen) atoms. The highest BCUT2D eigenvalue weighted by Crippen LogP contribution is 2.03. The molecule has 0 aliphatic rings. The van der Waals surface area contributed by atoms with Crippen LogP contribution < -0.4 is 11.3 Å². The minimum atomic E-state index is -0.191. The molecule has 0 aromatic carbocycles. The molecule has 4 nitrogen and oxygen atoms in total. The maximum atomic E-state index is 11.5. The first-order valence-corrected chi connectivity index (χ1v) is 5.25. The molecule has 2 N–H and O–H groups in total. The molecule has 0 bridgehead atoms. The molecule has 0 atom stereocenters. The van der Waals surface area contributed by atoms with Crippen LogP contribution in [0.3, 0.4) is 0 Å². The lowest BCUT2D eigenvalue weighted by atomic mass is 10.2. The Hall–Kier alpha value is -1.29. The van der Waals surface area contributed by atoms with Gasteiger partial charge in [0, 0.05) is 6.20 Å². The molecular formula is C11H18N2O2. The van der Waals surface area contributed by atoms with Crippen LogP contribution in [0.4, 0.5) is 5.69 Å². The van der Waals surface area contributed by atoms with E-state index in [4.69, 9.17) is 10.5 Å². The second-order valence-corrected chi connectivity index (χ2v) is 3.47. The molecule has 0 saturated carbocycles. The summed E-state index contributed by atoms with van der Waals surface area (Å²) in [6.07, 6.45) is 3.79. The molecule has 0 amide bonds. The molecule has 0 saturated heterocycles. The van der Waals surface area contributed by atoms with Crippen molar-refractivity contribution in [3.05, 3.63) is 28.7 Å². The summed E-state index contributed by atoms with van der Waals surface area (Å²) < 4.78 is 7.05. The van der Waals surface area contributed by atoms with E-state index in [1.54, 1.807) is 18.3 Å². The lowest BCUT2D eigenvalue weighted by Gasteiger charge is -2.14. The molecule has 0 aliphatic carbocycles. The molecular weight excluding hydrogens is 192 g/mol. The lowest BCUT2D eigenvalue weighted by molar-refractivity contribution is 0.00160. The van der Waals surface area contributed by atoms with E-state index in [2.05, 4.69) is 13.8 Å². The number of aromatic nitrogens is 1. The van der Waals surface area contributed by atoms with Crippen molar-refractivity contribution >= 4 is 5.69 Å². The fourth-order valence-corrected chi connectivity index (χ4v) is 1.37. The average molecular weight is 210 g/mol. The Kier molecular flexibility index (Phi) is 4.37. The molecule has 0 fully saturated rings. The van der Waals surface area contributed by atoms with Gasteiger partial charge in [-0.25, -0.2) is 0 Å². The predicted molar refractivity (Wildman–Crippen MR) is 60.6 cm³/mol. The Morgan fingerprint density at radius 2 is 2.13 bits per heavy atom. The van der Waals surface area contributed by atoms with E-state index in [-0.39, 0.29) is 24.1 Å². The van der Waals surface area contributed by atoms with Crippen LogP contribution in [0.5, 0.6) is 0 Å². The van der Waals surface area contributed by atoms with Crippen molar-refractivity contribution in [3.63, 3.8) is 0 Å². The first kappa shape index (κ1) is 11.8. The summed E-state index contributed by atoms with van der Waals surface area (Å²) in [4.78, 5) is 11.5. The number of hydrogen-bond donors (Lipinski definition) is 1. The number of nitrogens with zero attached hydrogens (tertiary/aromatic N) is 1. The van der Waals surface area contributed by atoms with E-state index in [9.17, 15) is 4.79 Å². The van der Waals surface area contributed by atoms with Crippen LogP contribution >= 0.6 is 0 Å². The summed E-state index contributed by atoms with van der Waals surface area (Å²) in [6, 6.07) is 3.34. The van der Waals surface area contributed by atoms with Gasteiger partial charge in [0.15, 0.2) is 0 Å². The number of pyridine rings is 1. The zero-order valence-corrected chi connectivity index (χ0v) is 9.27. The van der Waals surface area contributed by atoms with Gasteiger partial charge in [-0.05, 0) is 25.0 Å². The van der Waals surface area contributed by atoms with Crippen molar-refractivity contribution in [2.45, 2.75) is 39.5 Å². The van der Waals surface area contributed by atoms with Gasteiger partial charge in [0.2, 0.25) is 0 Å². The summed E-state index contributed by atoms with van der Waals surface area (Å²) in [5, 5.41) is 0. The third kappa shape index (κ3) is 3.09. The van der Waals surface area contributed by atoms with Crippen LogP contribution in [0.15, 0.2) is 23.1 Å². The van der Waals surface area contributed by atoms with Crippen molar-refractivity contribution in [2.24, 2.45) is 0 Å². The van der Waals surface area contributed by atoms with E-state index in [1.165, 1.54) is 4.57 Å². The highest BCUT2D eigenvalue weighted by Gasteiger charge is 2.04. The molecule has 1 heterocycles. The maximum Gasteiger partial charge on any atom is 0.275 e. The Balaban J connectivity index is 2.65. The highest BCUT2D eigenvalue weighted by molar-refractivity contribution is 5.33. The Morgan fingerprint density at radius 1 is 1.47 bits per heavy atom. The van der Waals surface area contributed by atoms with E-state index >= 15 is 0 Å². The van der Waals surface area contributed by atoms with Crippen LogP contribution in [-0.4, -0.2) is 10.7 Å². The Labute approximate surface area is 89.7 Å². The summed E-state index contributed by atoms with van der Waals surface area (Å²) in [5.41, 5.74) is 5.57. The molecule has 1 rings (SSSR count). The quantitative estimate of drug-likeness (QED) is 0.803. The van der Waals surface area contributed by atoms with Crippen LogP contribution in [0, 0.1) is 0 Å². The minimum Gasteiger partial charge on any atom is -0.394 e. The number of ether oxygens (including phenoxy) is 1. The molecule has 0 unspecified atom stereocenters. The van der Waals surface area contributed by atoms with Crippen molar-refractivity contribution in [2.75, 3.05) is 5.73 Å². The monoisotopic (exact) mass is 210 g/mol. The van der Waals surface area contributed by atoms with Crippen LogP contribution in [0.1, 0.15) is 26.7 Å². The first-order valence-electron chi connectivity index (χ1n) is 5.25. The molecule has 4 heteroatoms. The number of rotatable bonds is 5. The van der Waals surface area contributed by atoms with E-state index < -0.39 is 0 Å². The molecule has 84 valence electrons. The van der Waals surface area contributed by atoms with E-state index in [1.807, 2.05) is 0 Å². The summed E-state index contributed by atoms with van der Waals surface area (Å²) in [7, 11) is 0. The molecule has 0 spiro atoms. The SMILES string of the molecule is CCC(CC)OCn1cccc(N)c1=O. The number of nitrogen functional groups attached to an aromatic ring is 1. The topological polar surface area (TPSA) is 57.2 Å². The molecule has 1 aromatic rings. The van der Waals surface area contributed by atoms with Gasteiger partial charge in [0.25, 0.3) is 5.56 Å². The fourth-order valence-electron chi connectivity index (χ4n) is 1.37. The number of anilines is 1. The summed E-state index contributed by atoms with van der Waals surface area (Å²) >= 11 is 0. The second-order valence-electron chi connectivity index (χ2n) is 3.47. The van der Waals surface area contributed by atoms with Crippen LogP contribution in [-0.2, 0) is 11.5 Å². The Bertz CT molecular complexity index is 356. The van der Waals surface area contributed by atoms with Gasteiger partial charge >= 0.3 is 0 Å². The number of hydrogen-bond acceptors (Lipinski definition) is 3. The van der Waals surface area contributed by atoms with Gasteiger partial charge in [-0.1, -0.05) is 13.8 Å². The standard InChI is InChI=1S/C11H18N2O2/c1-3-9(4-2)15-8-13-7-5-6-10(12)11(13)14/h5-7,9H,3-4,8,12H2,1-2H3. The second kappa shape index (κ2) is 5.56.